The Bertz CT molecular complexity index is 606. The average molecular weight is 351 g/mol. The molecule has 5 heteroatoms. The Hall–Kier alpha value is -1.20. The van der Waals surface area contributed by atoms with Crippen LogP contribution in [-0.4, -0.2) is 21.3 Å². The molecule has 0 aliphatic carbocycles. The van der Waals surface area contributed by atoms with Crippen LogP contribution in [0.1, 0.15) is 41.9 Å². The molecule has 2 rings (SSSR count). The summed E-state index contributed by atoms with van der Waals surface area (Å²) in [6.45, 7) is 7.33. The zero-order valence-corrected chi connectivity index (χ0v) is 14.7. The van der Waals surface area contributed by atoms with Gasteiger partial charge in [-0.15, -0.1) is 0 Å². The number of pyridine rings is 1. The highest BCUT2D eigenvalue weighted by molar-refractivity contribution is 9.10. The molecule has 0 aromatic carbocycles. The van der Waals surface area contributed by atoms with Crippen molar-refractivity contribution >= 4 is 15.9 Å². The molecule has 4 nitrogen and oxygen atoms in total. The molecular formula is C16H23BrN4. The van der Waals surface area contributed by atoms with E-state index >= 15 is 0 Å². The van der Waals surface area contributed by atoms with Crippen molar-refractivity contribution in [3.05, 3.63) is 45.4 Å². The number of hydrogen-bond donors (Lipinski definition) is 1. The van der Waals surface area contributed by atoms with Gasteiger partial charge in [-0.3, -0.25) is 9.67 Å². The lowest BCUT2D eigenvalue weighted by atomic mass is 9.99. The molecule has 0 fully saturated rings. The van der Waals surface area contributed by atoms with Crippen LogP contribution in [0.5, 0.6) is 0 Å². The van der Waals surface area contributed by atoms with E-state index in [1.165, 1.54) is 16.8 Å². The van der Waals surface area contributed by atoms with Gasteiger partial charge in [-0.2, -0.15) is 5.10 Å². The molecule has 1 unspecified atom stereocenters. The van der Waals surface area contributed by atoms with Crippen molar-refractivity contribution in [1.29, 1.82) is 0 Å². The van der Waals surface area contributed by atoms with E-state index < -0.39 is 0 Å². The minimum atomic E-state index is 0.277. The van der Waals surface area contributed by atoms with E-state index in [2.05, 4.69) is 51.2 Å². The smallest absolute Gasteiger partial charge is 0.0738 e. The van der Waals surface area contributed by atoms with Crippen LogP contribution in [0.3, 0.4) is 0 Å². The van der Waals surface area contributed by atoms with E-state index in [0.717, 1.165) is 29.6 Å². The van der Waals surface area contributed by atoms with Gasteiger partial charge >= 0.3 is 0 Å². The lowest BCUT2D eigenvalue weighted by molar-refractivity contribution is 0.509. The summed E-state index contributed by atoms with van der Waals surface area (Å²) in [5.41, 5.74) is 4.79. The Morgan fingerprint density at radius 2 is 2.14 bits per heavy atom. The van der Waals surface area contributed by atoms with Crippen LogP contribution >= 0.6 is 15.9 Å². The molecule has 21 heavy (non-hydrogen) atoms. The maximum absolute atomic E-state index is 4.49. The van der Waals surface area contributed by atoms with Gasteiger partial charge in [-0.25, -0.2) is 0 Å². The van der Waals surface area contributed by atoms with Crippen molar-refractivity contribution in [2.75, 3.05) is 6.54 Å². The molecule has 0 spiro atoms. The van der Waals surface area contributed by atoms with Crippen LogP contribution in [0.4, 0.5) is 0 Å². The average Bonchev–Trinajstić information content (AvgIpc) is 2.70. The Labute approximate surface area is 135 Å². The number of rotatable bonds is 6. The predicted octanol–water partition coefficient (Wildman–Crippen LogP) is 3.48. The maximum atomic E-state index is 4.49. The third-order valence-corrected chi connectivity index (χ3v) is 4.77. The third-order valence-electron chi connectivity index (χ3n) is 3.74. The fourth-order valence-corrected chi connectivity index (χ4v) is 3.08. The van der Waals surface area contributed by atoms with Crippen LogP contribution in [0.2, 0.25) is 0 Å². The molecule has 1 N–H and O–H groups in total. The summed E-state index contributed by atoms with van der Waals surface area (Å²) in [6.07, 6.45) is 5.82. The standard InChI is InChI=1S/C16H23BrN4/c1-5-7-19-14(13-6-8-18-10-11(13)2)9-15-16(17)12(3)20-21(15)4/h6,8,10,14,19H,5,7,9H2,1-4H3. The minimum absolute atomic E-state index is 0.277. The molecule has 1 atom stereocenters. The molecule has 0 amide bonds. The number of halogens is 1. The lowest BCUT2D eigenvalue weighted by Gasteiger charge is -2.21. The molecule has 0 bridgehead atoms. The molecule has 0 saturated carbocycles. The van der Waals surface area contributed by atoms with Crippen molar-refractivity contribution in [1.82, 2.24) is 20.1 Å². The highest BCUT2D eigenvalue weighted by Gasteiger charge is 2.19. The largest absolute Gasteiger partial charge is 0.310 e. The summed E-state index contributed by atoms with van der Waals surface area (Å²) in [5, 5.41) is 8.14. The van der Waals surface area contributed by atoms with Gasteiger partial charge in [0.2, 0.25) is 0 Å². The van der Waals surface area contributed by atoms with E-state index in [1.54, 1.807) is 0 Å². The van der Waals surface area contributed by atoms with Crippen molar-refractivity contribution in [3.63, 3.8) is 0 Å². The Morgan fingerprint density at radius 3 is 2.71 bits per heavy atom. The Kier molecular flexibility index (Phi) is 5.53. The van der Waals surface area contributed by atoms with Gasteiger partial charge in [-0.05, 0) is 59.9 Å². The van der Waals surface area contributed by atoms with Crippen LogP contribution in [0.15, 0.2) is 22.9 Å². The maximum Gasteiger partial charge on any atom is 0.0738 e. The van der Waals surface area contributed by atoms with Crippen LogP contribution < -0.4 is 5.32 Å². The van der Waals surface area contributed by atoms with E-state index in [9.17, 15) is 0 Å². The Balaban J connectivity index is 2.31. The summed E-state index contributed by atoms with van der Waals surface area (Å²) in [7, 11) is 2.00. The molecule has 114 valence electrons. The summed E-state index contributed by atoms with van der Waals surface area (Å²) >= 11 is 3.67. The van der Waals surface area contributed by atoms with E-state index in [0.29, 0.717) is 0 Å². The molecule has 0 radical (unpaired) electrons. The van der Waals surface area contributed by atoms with Crippen LogP contribution in [0.25, 0.3) is 0 Å². The van der Waals surface area contributed by atoms with Crippen molar-refractivity contribution in [3.8, 4) is 0 Å². The molecule has 2 aromatic rings. The molecular weight excluding hydrogens is 328 g/mol. The van der Waals surface area contributed by atoms with E-state index in [1.807, 2.05) is 31.0 Å². The van der Waals surface area contributed by atoms with Crippen LogP contribution in [0, 0.1) is 13.8 Å². The van der Waals surface area contributed by atoms with Gasteiger partial charge in [0, 0.05) is 31.9 Å². The van der Waals surface area contributed by atoms with Crippen molar-refractivity contribution in [2.45, 2.75) is 39.7 Å². The molecule has 2 heterocycles. The fraction of sp³-hybridized carbons (Fsp3) is 0.500. The quantitative estimate of drug-likeness (QED) is 0.867. The molecule has 0 saturated heterocycles. The summed E-state index contributed by atoms with van der Waals surface area (Å²) in [5.74, 6) is 0. The second-order valence-electron chi connectivity index (χ2n) is 5.41. The first-order chi connectivity index (χ1) is 10.0. The minimum Gasteiger partial charge on any atom is -0.310 e. The Morgan fingerprint density at radius 1 is 1.38 bits per heavy atom. The van der Waals surface area contributed by atoms with Gasteiger partial charge in [0.25, 0.3) is 0 Å². The number of aryl methyl sites for hydroxylation is 3. The van der Waals surface area contributed by atoms with Gasteiger partial charge in [0.1, 0.15) is 0 Å². The van der Waals surface area contributed by atoms with Crippen molar-refractivity contribution in [2.24, 2.45) is 7.05 Å². The first kappa shape index (κ1) is 16.2. The highest BCUT2D eigenvalue weighted by atomic mass is 79.9. The van der Waals surface area contributed by atoms with Gasteiger partial charge in [0.15, 0.2) is 0 Å². The third kappa shape index (κ3) is 3.71. The highest BCUT2D eigenvalue weighted by Crippen LogP contribution is 2.27. The first-order valence-electron chi connectivity index (χ1n) is 7.36. The SMILES string of the molecule is CCCNC(Cc1c(Br)c(C)nn1C)c1ccncc1C. The summed E-state index contributed by atoms with van der Waals surface area (Å²) in [4.78, 5) is 4.20. The molecule has 0 aliphatic rings. The molecule has 2 aromatic heterocycles. The van der Waals surface area contributed by atoms with Gasteiger partial charge in [0.05, 0.1) is 15.9 Å². The summed E-state index contributed by atoms with van der Waals surface area (Å²) in [6, 6.07) is 2.39. The second-order valence-corrected chi connectivity index (χ2v) is 6.21. The van der Waals surface area contributed by atoms with E-state index in [-0.39, 0.29) is 6.04 Å². The van der Waals surface area contributed by atoms with Gasteiger partial charge in [-0.1, -0.05) is 6.92 Å². The van der Waals surface area contributed by atoms with Gasteiger partial charge < -0.3 is 5.32 Å². The predicted molar refractivity (Wildman–Crippen MR) is 89.4 cm³/mol. The number of nitrogens with one attached hydrogen (secondary N) is 1. The summed E-state index contributed by atoms with van der Waals surface area (Å²) < 4.78 is 3.08. The monoisotopic (exact) mass is 350 g/mol. The number of nitrogens with zero attached hydrogens (tertiary/aromatic N) is 3. The van der Waals surface area contributed by atoms with Crippen molar-refractivity contribution < 1.29 is 0 Å². The second kappa shape index (κ2) is 7.18. The lowest BCUT2D eigenvalue weighted by Crippen LogP contribution is -2.25. The van der Waals surface area contributed by atoms with Crippen LogP contribution in [-0.2, 0) is 13.5 Å². The molecule has 0 aliphatic heterocycles. The first-order valence-corrected chi connectivity index (χ1v) is 8.15. The zero-order valence-electron chi connectivity index (χ0n) is 13.2. The normalized spacial score (nSPS) is 12.6. The fourth-order valence-electron chi connectivity index (χ4n) is 2.58. The van der Waals surface area contributed by atoms with E-state index in [4.69, 9.17) is 0 Å². The topological polar surface area (TPSA) is 42.7 Å². The number of aromatic nitrogens is 3. The zero-order chi connectivity index (χ0) is 15.4. The number of hydrogen-bond acceptors (Lipinski definition) is 3.